The Morgan fingerprint density at radius 1 is 0.889 bits per heavy atom. The summed E-state index contributed by atoms with van der Waals surface area (Å²) in [5, 5.41) is 29.5. The van der Waals surface area contributed by atoms with Crippen LogP contribution in [-0.4, -0.2) is 35.6 Å². The molecule has 0 aromatic carbocycles. The first-order chi connectivity index (χ1) is 8.34. The second kappa shape index (κ2) is 13.6. The Morgan fingerprint density at radius 2 is 1.11 bits per heavy atom. The third kappa shape index (κ3) is 16.2. The standard InChI is InChI=1S/C6H10O2.2Hg.2NO3/c1-5-6(2)8-4-3-7-5;;;2*2-1(3)4/h5-6H,1-4H2;;;;/q;;;2*-1. The molecule has 0 aromatic rings. The molecule has 1 fully saturated rings. The third-order valence-corrected chi connectivity index (χ3v) is 6.16. The quantitative estimate of drug-likeness (QED) is 0.237. The number of hydrogen-bond acceptors (Lipinski definition) is 8. The fraction of sp³-hybridized carbons (Fsp3) is 1.00. The average molecular weight is 639 g/mol. The molecule has 12 heteroatoms. The molecule has 0 N–H and O–H groups in total. The van der Waals surface area contributed by atoms with E-state index in [9.17, 15) is 0 Å². The van der Waals surface area contributed by atoms with Gasteiger partial charge in [0.25, 0.3) is 0 Å². The molecule has 0 aliphatic carbocycles. The Balaban J connectivity index is 0. The molecule has 0 spiro atoms. The minimum absolute atomic E-state index is 0.481. The molecule has 1 rings (SSSR count). The molecule has 2 unspecified atom stereocenters. The van der Waals surface area contributed by atoms with Gasteiger partial charge in [0, 0.05) is 0 Å². The van der Waals surface area contributed by atoms with Crippen molar-refractivity contribution < 1.29 is 71.9 Å². The van der Waals surface area contributed by atoms with Gasteiger partial charge in [-0.2, -0.15) is 0 Å². The molecule has 2 atom stereocenters. The van der Waals surface area contributed by atoms with Gasteiger partial charge in [0.05, 0.1) is 10.2 Å². The molecule has 10 nitrogen and oxygen atoms in total. The minimum atomic E-state index is -1.75. The summed E-state index contributed by atoms with van der Waals surface area (Å²) in [6, 6.07) is 0. The fourth-order valence-corrected chi connectivity index (χ4v) is 5.34. The molecule has 98 valence electrons. The summed E-state index contributed by atoms with van der Waals surface area (Å²) in [5.74, 6) is 0. The van der Waals surface area contributed by atoms with Crippen molar-refractivity contribution in [3.05, 3.63) is 30.6 Å². The molecule has 1 aliphatic rings. The molecule has 0 bridgehead atoms. The summed E-state index contributed by atoms with van der Waals surface area (Å²) in [5.41, 5.74) is 0. The molecule has 0 radical (unpaired) electrons. The van der Waals surface area contributed by atoms with Gasteiger partial charge in [-0.25, -0.2) is 0 Å². The summed E-state index contributed by atoms with van der Waals surface area (Å²) in [6.45, 7) is 1.65. The van der Waals surface area contributed by atoms with Crippen LogP contribution in [0.3, 0.4) is 0 Å². The van der Waals surface area contributed by atoms with Crippen molar-refractivity contribution in [2.24, 2.45) is 0 Å². The molecule has 1 heterocycles. The van der Waals surface area contributed by atoms with Gasteiger partial charge in [0.2, 0.25) is 0 Å². The predicted octanol–water partition coefficient (Wildman–Crippen LogP) is 0.222. The van der Waals surface area contributed by atoms with Crippen molar-refractivity contribution in [1.82, 2.24) is 0 Å². The van der Waals surface area contributed by atoms with E-state index in [1.165, 1.54) is 7.86 Å². The van der Waals surface area contributed by atoms with Gasteiger partial charge in [-0.3, -0.25) is 0 Å². The Labute approximate surface area is 135 Å². The van der Waals surface area contributed by atoms with Gasteiger partial charge in [-0.15, -0.1) is 0 Å². The summed E-state index contributed by atoms with van der Waals surface area (Å²) in [6.07, 6.45) is 0.962. The van der Waals surface area contributed by atoms with E-state index >= 15 is 0 Å². The second-order valence-electron chi connectivity index (χ2n) is 2.84. The van der Waals surface area contributed by atoms with E-state index in [1.54, 1.807) is 0 Å². The Kier molecular flexibility index (Phi) is 15.5. The van der Waals surface area contributed by atoms with Crippen LogP contribution in [0.15, 0.2) is 0 Å². The summed E-state index contributed by atoms with van der Waals surface area (Å²) in [7, 11) is 0. The van der Waals surface area contributed by atoms with Crippen molar-refractivity contribution in [2.45, 2.75) is 20.1 Å². The molecular weight excluding hydrogens is 629 g/mol. The summed E-state index contributed by atoms with van der Waals surface area (Å²) < 4.78 is 13.8. The number of hydrogen-bond donors (Lipinski definition) is 0. The van der Waals surface area contributed by atoms with E-state index in [4.69, 9.17) is 40.1 Å². The Morgan fingerprint density at radius 3 is 1.28 bits per heavy atom. The Bertz CT molecular complexity index is 212. The number of nitrogens with zero attached hydrogens (tertiary/aromatic N) is 2. The van der Waals surface area contributed by atoms with Crippen molar-refractivity contribution in [3.63, 3.8) is 0 Å². The van der Waals surface area contributed by atoms with Crippen LogP contribution in [0.1, 0.15) is 0 Å². The molecule has 1 saturated heterocycles. The maximum absolute atomic E-state index is 8.25. The van der Waals surface area contributed by atoms with Gasteiger partial charge in [0.1, 0.15) is 0 Å². The zero-order valence-electron chi connectivity index (χ0n) is 9.56. The molecular formula is C6H10Hg2N2O8-2. The number of ether oxygens (including phenoxy) is 2. The van der Waals surface area contributed by atoms with E-state index in [0.29, 0.717) is 12.2 Å². The van der Waals surface area contributed by atoms with E-state index in [0.717, 1.165) is 65.5 Å². The first-order valence-electron chi connectivity index (χ1n) is 4.79. The first kappa shape index (κ1) is 20.5. The van der Waals surface area contributed by atoms with Gasteiger partial charge >= 0.3 is 95.0 Å². The van der Waals surface area contributed by atoms with E-state index in [-0.39, 0.29) is 0 Å². The molecule has 1 aliphatic heterocycles. The molecule has 0 amide bonds. The fourth-order valence-electron chi connectivity index (χ4n) is 1.15. The Hall–Kier alpha value is 0.190. The van der Waals surface area contributed by atoms with E-state index < -0.39 is 10.2 Å². The summed E-state index contributed by atoms with van der Waals surface area (Å²) >= 11 is 1.74. The second-order valence-corrected chi connectivity index (χ2v) is 7.33. The van der Waals surface area contributed by atoms with Crippen molar-refractivity contribution >= 4 is 0 Å². The van der Waals surface area contributed by atoms with Crippen LogP contribution >= 0.6 is 0 Å². The van der Waals surface area contributed by atoms with Crippen LogP contribution in [0.5, 0.6) is 0 Å². The molecule has 0 aromatic heterocycles. The SMILES string of the molecule is O=[N+]([O-])[O-].O=[N+]([O-])[O-].[Hg][CH2]C1OCCOC1[CH2][Hg]. The normalized spacial score (nSPS) is 21.8. The van der Waals surface area contributed by atoms with Crippen molar-refractivity contribution in [3.8, 4) is 0 Å². The monoisotopic (exact) mass is 642 g/mol. The molecule has 0 saturated carbocycles. The first-order valence-corrected chi connectivity index (χ1v) is 12.6. The van der Waals surface area contributed by atoms with Crippen LogP contribution in [0, 0.1) is 30.6 Å². The average Bonchev–Trinajstić information content (AvgIpc) is 2.27. The predicted molar refractivity (Wildman–Crippen MR) is 49.8 cm³/mol. The zero-order valence-corrected chi connectivity index (χ0v) is 20.6. The van der Waals surface area contributed by atoms with Gasteiger partial charge in [-0.1, -0.05) is 0 Å². The van der Waals surface area contributed by atoms with Crippen LogP contribution in [0.4, 0.5) is 0 Å². The number of rotatable bonds is 2. The van der Waals surface area contributed by atoms with Gasteiger partial charge in [-0.05, 0) is 0 Å². The topological polar surface area (TPSA) is 151 Å². The van der Waals surface area contributed by atoms with Gasteiger partial charge in [0.15, 0.2) is 0 Å². The molecule has 18 heavy (non-hydrogen) atoms. The van der Waals surface area contributed by atoms with Gasteiger partial charge < -0.3 is 30.6 Å². The maximum atomic E-state index is 8.25. The van der Waals surface area contributed by atoms with Crippen LogP contribution in [-0.2, 0) is 61.7 Å². The zero-order chi connectivity index (χ0) is 14.6. The summed E-state index contributed by atoms with van der Waals surface area (Å²) in [4.78, 5) is 16.5. The van der Waals surface area contributed by atoms with Crippen molar-refractivity contribution in [2.75, 3.05) is 13.2 Å². The van der Waals surface area contributed by atoms with E-state index in [1.807, 2.05) is 0 Å². The van der Waals surface area contributed by atoms with E-state index in [2.05, 4.69) is 0 Å². The third-order valence-electron chi connectivity index (χ3n) is 1.73. The van der Waals surface area contributed by atoms with Crippen molar-refractivity contribution in [1.29, 1.82) is 0 Å². The van der Waals surface area contributed by atoms with Crippen LogP contribution in [0.2, 0.25) is 7.86 Å². The van der Waals surface area contributed by atoms with Crippen LogP contribution in [0.25, 0.3) is 0 Å². The van der Waals surface area contributed by atoms with Crippen LogP contribution < -0.4 is 0 Å².